The van der Waals surface area contributed by atoms with Gasteiger partial charge in [-0.1, -0.05) is 0 Å². The zero-order valence-electron chi connectivity index (χ0n) is 10.2. The first-order chi connectivity index (χ1) is 7.54. The molecular formula is C11H17N5. The van der Waals surface area contributed by atoms with Crippen LogP contribution in [0.15, 0.2) is 6.20 Å². The number of aromatic nitrogens is 4. The Morgan fingerprint density at radius 1 is 1.31 bits per heavy atom. The second-order valence-electron chi connectivity index (χ2n) is 3.97. The number of anilines is 1. The highest BCUT2D eigenvalue weighted by Gasteiger charge is 2.17. The average molecular weight is 219 g/mol. The van der Waals surface area contributed by atoms with Gasteiger partial charge in [-0.2, -0.15) is 10.2 Å². The van der Waals surface area contributed by atoms with Crippen molar-refractivity contribution in [2.45, 2.75) is 27.3 Å². The molecule has 0 atom stereocenters. The third kappa shape index (κ3) is 1.48. The molecule has 5 heteroatoms. The molecule has 0 aliphatic rings. The van der Waals surface area contributed by atoms with Gasteiger partial charge in [0.1, 0.15) is 5.69 Å². The van der Waals surface area contributed by atoms with Crippen LogP contribution in [0.4, 0.5) is 5.69 Å². The zero-order chi connectivity index (χ0) is 11.9. The van der Waals surface area contributed by atoms with Crippen LogP contribution < -0.4 is 5.73 Å². The topological polar surface area (TPSA) is 61.7 Å². The van der Waals surface area contributed by atoms with E-state index in [-0.39, 0.29) is 0 Å². The number of nitrogens with zero attached hydrogens (tertiary/aromatic N) is 4. The Morgan fingerprint density at radius 2 is 2.00 bits per heavy atom. The third-order valence-corrected chi connectivity index (χ3v) is 2.77. The largest absolute Gasteiger partial charge is 0.396 e. The quantitative estimate of drug-likeness (QED) is 0.832. The molecule has 0 bridgehead atoms. The van der Waals surface area contributed by atoms with Gasteiger partial charge in [0, 0.05) is 31.0 Å². The molecule has 2 aromatic rings. The normalized spacial score (nSPS) is 11.0. The predicted octanol–water partition coefficient (Wildman–Crippen LogP) is 1.50. The minimum absolute atomic E-state index is 0.698. The number of nitrogen functional groups attached to an aromatic ring is 1. The molecule has 2 aromatic heterocycles. The number of rotatable bonds is 2. The summed E-state index contributed by atoms with van der Waals surface area (Å²) in [5.74, 6) is 0. The van der Waals surface area contributed by atoms with E-state index in [1.165, 1.54) is 0 Å². The van der Waals surface area contributed by atoms with Crippen LogP contribution in [0.5, 0.6) is 0 Å². The number of nitrogens with two attached hydrogens (primary N) is 1. The van der Waals surface area contributed by atoms with Crippen molar-refractivity contribution in [2.24, 2.45) is 7.05 Å². The van der Waals surface area contributed by atoms with E-state index >= 15 is 0 Å². The molecule has 86 valence electrons. The first kappa shape index (κ1) is 10.7. The van der Waals surface area contributed by atoms with Gasteiger partial charge >= 0.3 is 0 Å². The third-order valence-electron chi connectivity index (χ3n) is 2.77. The lowest BCUT2D eigenvalue weighted by molar-refractivity contribution is 0.634. The fraction of sp³-hybridized carbons (Fsp3) is 0.455. The second kappa shape index (κ2) is 3.66. The smallest absolute Gasteiger partial charge is 0.119 e. The maximum Gasteiger partial charge on any atom is 0.119 e. The maximum atomic E-state index is 5.94. The average Bonchev–Trinajstić information content (AvgIpc) is 2.67. The van der Waals surface area contributed by atoms with Crippen LogP contribution >= 0.6 is 0 Å². The van der Waals surface area contributed by atoms with Gasteiger partial charge in [0.25, 0.3) is 0 Å². The standard InChI is InChI=1S/C11H17N5/c1-5-16-8(3)10(7(2)13-16)11-9(12)6-15(4)14-11/h6H,5,12H2,1-4H3. The maximum absolute atomic E-state index is 5.94. The van der Waals surface area contributed by atoms with Crippen molar-refractivity contribution >= 4 is 5.69 Å². The number of aryl methyl sites for hydroxylation is 3. The van der Waals surface area contributed by atoms with Crippen LogP contribution in [0, 0.1) is 13.8 Å². The molecule has 0 amide bonds. The minimum atomic E-state index is 0.698. The van der Waals surface area contributed by atoms with E-state index in [1.807, 2.05) is 31.8 Å². The summed E-state index contributed by atoms with van der Waals surface area (Å²) < 4.78 is 3.70. The molecule has 5 nitrogen and oxygen atoms in total. The van der Waals surface area contributed by atoms with Crippen molar-refractivity contribution in [2.75, 3.05) is 5.73 Å². The molecule has 2 N–H and O–H groups in total. The van der Waals surface area contributed by atoms with E-state index in [4.69, 9.17) is 5.73 Å². The summed E-state index contributed by atoms with van der Waals surface area (Å²) in [5.41, 5.74) is 10.6. The Hall–Kier alpha value is -1.78. The van der Waals surface area contributed by atoms with E-state index in [9.17, 15) is 0 Å². The van der Waals surface area contributed by atoms with E-state index in [0.717, 1.165) is 29.2 Å². The fourth-order valence-corrected chi connectivity index (χ4v) is 2.05. The minimum Gasteiger partial charge on any atom is -0.396 e. The van der Waals surface area contributed by atoms with E-state index in [1.54, 1.807) is 4.68 Å². The Balaban J connectivity index is 2.64. The molecule has 2 heterocycles. The first-order valence-corrected chi connectivity index (χ1v) is 5.38. The number of hydrogen-bond acceptors (Lipinski definition) is 3. The molecule has 16 heavy (non-hydrogen) atoms. The Kier molecular flexibility index (Phi) is 2.46. The molecule has 0 aliphatic heterocycles. The predicted molar refractivity (Wildman–Crippen MR) is 64.0 cm³/mol. The van der Waals surface area contributed by atoms with Crippen LogP contribution in [0.25, 0.3) is 11.3 Å². The number of hydrogen-bond donors (Lipinski definition) is 1. The molecular weight excluding hydrogens is 202 g/mol. The Labute approximate surface area is 94.9 Å². The fourth-order valence-electron chi connectivity index (χ4n) is 2.05. The molecule has 0 aromatic carbocycles. The Bertz CT molecular complexity index is 521. The first-order valence-electron chi connectivity index (χ1n) is 5.38. The SMILES string of the molecule is CCn1nc(C)c(-c2nn(C)cc2N)c1C. The summed E-state index contributed by atoms with van der Waals surface area (Å²) in [5, 5.41) is 8.86. The Morgan fingerprint density at radius 3 is 2.44 bits per heavy atom. The molecule has 0 unspecified atom stereocenters. The summed E-state index contributed by atoms with van der Waals surface area (Å²) in [6.45, 7) is 6.97. The molecule has 0 radical (unpaired) electrons. The van der Waals surface area contributed by atoms with E-state index in [0.29, 0.717) is 5.69 Å². The van der Waals surface area contributed by atoms with Gasteiger partial charge in [-0.15, -0.1) is 0 Å². The summed E-state index contributed by atoms with van der Waals surface area (Å²) in [7, 11) is 1.87. The summed E-state index contributed by atoms with van der Waals surface area (Å²) in [6.07, 6.45) is 1.82. The van der Waals surface area contributed by atoms with Gasteiger partial charge in [-0.3, -0.25) is 9.36 Å². The van der Waals surface area contributed by atoms with Gasteiger partial charge in [-0.05, 0) is 20.8 Å². The van der Waals surface area contributed by atoms with E-state index in [2.05, 4.69) is 17.1 Å². The van der Waals surface area contributed by atoms with Crippen LogP contribution in [-0.2, 0) is 13.6 Å². The van der Waals surface area contributed by atoms with Gasteiger partial charge in [0.05, 0.1) is 11.4 Å². The van der Waals surface area contributed by atoms with Crippen molar-refractivity contribution in [1.82, 2.24) is 19.6 Å². The summed E-state index contributed by atoms with van der Waals surface area (Å²) in [6, 6.07) is 0. The van der Waals surface area contributed by atoms with Crippen molar-refractivity contribution in [3.63, 3.8) is 0 Å². The lowest BCUT2D eigenvalue weighted by atomic mass is 10.1. The van der Waals surface area contributed by atoms with Crippen LogP contribution in [-0.4, -0.2) is 19.6 Å². The molecule has 0 saturated carbocycles. The molecule has 2 rings (SSSR count). The summed E-state index contributed by atoms with van der Waals surface area (Å²) >= 11 is 0. The molecule has 0 aliphatic carbocycles. The van der Waals surface area contributed by atoms with Gasteiger partial charge in [0.15, 0.2) is 0 Å². The van der Waals surface area contributed by atoms with Crippen molar-refractivity contribution < 1.29 is 0 Å². The van der Waals surface area contributed by atoms with E-state index < -0.39 is 0 Å². The van der Waals surface area contributed by atoms with Crippen molar-refractivity contribution in [3.05, 3.63) is 17.6 Å². The van der Waals surface area contributed by atoms with Crippen LogP contribution in [0.3, 0.4) is 0 Å². The van der Waals surface area contributed by atoms with Crippen molar-refractivity contribution in [3.8, 4) is 11.3 Å². The molecule has 0 saturated heterocycles. The second-order valence-corrected chi connectivity index (χ2v) is 3.97. The lowest BCUT2D eigenvalue weighted by Crippen LogP contribution is -1.99. The zero-order valence-corrected chi connectivity index (χ0v) is 10.2. The molecule has 0 fully saturated rings. The van der Waals surface area contributed by atoms with Crippen molar-refractivity contribution in [1.29, 1.82) is 0 Å². The van der Waals surface area contributed by atoms with Gasteiger partial charge < -0.3 is 5.73 Å². The molecule has 0 spiro atoms. The highest BCUT2D eigenvalue weighted by atomic mass is 15.3. The highest BCUT2D eigenvalue weighted by Crippen LogP contribution is 2.29. The monoisotopic (exact) mass is 219 g/mol. The lowest BCUT2D eigenvalue weighted by Gasteiger charge is -2.00. The highest BCUT2D eigenvalue weighted by molar-refractivity contribution is 5.75. The van der Waals surface area contributed by atoms with Gasteiger partial charge in [0.2, 0.25) is 0 Å². The van der Waals surface area contributed by atoms with Gasteiger partial charge in [-0.25, -0.2) is 0 Å². The van der Waals surface area contributed by atoms with Crippen LogP contribution in [0.1, 0.15) is 18.3 Å². The summed E-state index contributed by atoms with van der Waals surface area (Å²) in [4.78, 5) is 0. The van der Waals surface area contributed by atoms with Crippen LogP contribution in [0.2, 0.25) is 0 Å².